The fourth-order valence-corrected chi connectivity index (χ4v) is 3.35. The van der Waals surface area contributed by atoms with Gasteiger partial charge < -0.3 is 19.6 Å². The minimum Gasteiger partial charge on any atom is -0.459 e. The number of rotatable bonds is 6. The molecule has 0 radical (unpaired) electrons. The number of nitrogens with zero attached hydrogens (tertiary/aromatic N) is 2. The van der Waals surface area contributed by atoms with Gasteiger partial charge >= 0.3 is 0 Å². The molecular formula is C23H22N4O3. The third-order valence-electron chi connectivity index (χ3n) is 4.96. The lowest BCUT2D eigenvalue weighted by Gasteiger charge is -2.11. The Morgan fingerprint density at radius 3 is 2.67 bits per heavy atom. The molecule has 0 fully saturated rings. The van der Waals surface area contributed by atoms with Gasteiger partial charge in [-0.15, -0.1) is 0 Å². The smallest absolute Gasteiger partial charge is 0.291 e. The van der Waals surface area contributed by atoms with E-state index in [1.807, 2.05) is 38.1 Å². The average molecular weight is 402 g/mol. The number of benzene rings is 2. The maximum Gasteiger partial charge on any atom is 0.291 e. The molecule has 2 heterocycles. The van der Waals surface area contributed by atoms with Gasteiger partial charge in [0, 0.05) is 24.3 Å². The average Bonchev–Trinajstić information content (AvgIpc) is 3.38. The maximum absolute atomic E-state index is 12.6. The van der Waals surface area contributed by atoms with E-state index in [0.29, 0.717) is 24.3 Å². The highest BCUT2D eigenvalue weighted by molar-refractivity contribution is 6.03. The van der Waals surface area contributed by atoms with Gasteiger partial charge in [-0.3, -0.25) is 9.59 Å². The quantitative estimate of drug-likeness (QED) is 0.511. The van der Waals surface area contributed by atoms with E-state index < -0.39 is 0 Å². The summed E-state index contributed by atoms with van der Waals surface area (Å²) in [4.78, 5) is 29.4. The SMILES string of the molecule is Cc1ccc(C(=O)NCCn2c(C)nc3ccccc32)cc1NC(=O)c1ccco1. The number of nitrogens with one attached hydrogen (secondary N) is 2. The highest BCUT2D eigenvalue weighted by Gasteiger charge is 2.13. The molecule has 0 saturated heterocycles. The summed E-state index contributed by atoms with van der Waals surface area (Å²) in [6, 6.07) is 16.4. The first-order chi connectivity index (χ1) is 14.5. The highest BCUT2D eigenvalue weighted by atomic mass is 16.3. The third kappa shape index (κ3) is 3.96. The van der Waals surface area contributed by atoms with Crippen LogP contribution in [0.2, 0.25) is 0 Å². The van der Waals surface area contributed by atoms with Crippen molar-refractivity contribution in [3.8, 4) is 0 Å². The van der Waals surface area contributed by atoms with Crippen molar-refractivity contribution in [2.24, 2.45) is 0 Å². The number of para-hydroxylation sites is 2. The predicted octanol–water partition coefficient (Wildman–Crippen LogP) is 3.93. The van der Waals surface area contributed by atoms with E-state index in [4.69, 9.17) is 4.42 Å². The summed E-state index contributed by atoms with van der Waals surface area (Å²) in [6.07, 6.45) is 1.44. The van der Waals surface area contributed by atoms with Crippen molar-refractivity contribution in [2.45, 2.75) is 20.4 Å². The van der Waals surface area contributed by atoms with Crippen molar-refractivity contribution < 1.29 is 14.0 Å². The van der Waals surface area contributed by atoms with E-state index in [-0.39, 0.29) is 17.6 Å². The molecule has 2 aromatic carbocycles. The van der Waals surface area contributed by atoms with E-state index in [9.17, 15) is 9.59 Å². The Balaban J connectivity index is 1.42. The molecule has 4 rings (SSSR count). The maximum atomic E-state index is 12.6. The zero-order valence-electron chi connectivity index (χ0n) is 16.8. The van der Waals surface area contributed by atoms with Gasteiger partial charge in [0.15, 0.2) is 5.76 Å². The Morgan fingerprint density at radius 2 is 1.87 bits per heavy atom. The molecule has 2 aromatic heterocycles. The topological polar surface area (TPSA) is 89.2 Å². The van der Waals surface area contributed by atoms with Crippen molar-refractivity contribution >= 4 is 28.5 Å². The van der Waals surface area contributed by atoms with Gasteiger partial charge in [-0.1, -0.05) is 18.2 Å². The van der Waals surface area contributed by atoms with Crippen molar-refractivity contribution in [2.75, 3.05) is 11.9 Å². The minimum absolute atomic E-state index is 0.203. The Bertz CT molecular complexity index is 1210. The zero-order chi connectivity index (χ0) is 21.1. The van der Waals surface area contributed by atoms with Crippen LogP contribution in [0, 0.1) is 13.8 Å². The van der Waals surface area contributed by atoms with Crippen molar-refractivity contribution in [3.63, 3.8) is 0 Å². The van der Waals surface area contributed by atoms with Crippen LogP contribution in [-0.2, 0) is 6.54 Å². The standard InChI is InChI=1S/C23H22N4O3/c1-15-9-10-17(14-19(15)26-23(29)21-8-5-13-30-21)22(28)24-11-12-27-16(2)25-18-6-3-4-7-20(18)27/h3-10,13-14H,11-12H2,1-2H3,(H,24,28)(H,26,29). The van der Waals surface area contributed by atoms with Crippen LogP contribution >= 0.6 is 0 Å². The molecule has 0 atom stereocenters. The van der Waals surface area contributed by atoms with E-state index in [2.05, 4.69) is 20.2 Å². The normalized spacial score (nSPS) is 10.9. The largest absolute Gasteiger partial charge is 0.459 e. The van der Waals surface area contributed by atoms with Crippen molar-refractivity contribution in [1.29, 1.82) is 0 Å². The van der Waals surface area contributed by atoms with E-state index in [1.165, 1.54) is 6.26 Å². The molecule has 30 heavy (non-hydrogen) atoms. The monoisotopic (exact) mass is 402 g/mol. The lowest BCUT2D eigenvalue weighted by atomic mass is 10.1. The van der Waals surface area contributed by atoms with Crippen LogP contribution in [0.3, 0.4) is 0 Å². The predicted molar refractivity (Wildman–Crippen MR) is 115 cm³/mol. The molecule has 0 aliphatic heterocycles. The summed E-state index contributed by atoms with van der Waals surface area (Å²) in [7, 11) is 0. The van der Waals surface area contributed by atoms with Crippen molar-refractivity contribution in [3.05, 3.63) is 83.6 Å². The molecule has 7 nitrogen and oxygen atoms in total. The number of aromatic nitrogens is 2. The molecule has 0 spiro atoms. The second kappa shape index (κ2) is 8.24. The number of anilines is 1. The molecule has 2 N–H and O–H groups in total. The van der Waals surface area contributed by atoms with Crippen LogP contribution in [0.15, 0.2) is 65.3 Å². The summed E-state index contributed by atoms with van der Waals surface area (Å²) in [5, 5.41) is 5.73. The Hall–Kier alpha value is -3.87. The number of fused-ring (bicyclic) bond motifs is 1. The van der Waals surface area contributed by atoms with Crippen LogP contribution in [0.4, 0.5) is 5.69 Å². The summed E-state index contributed by atoms with van der Waals surface area (Å²) in [5.74, 6) is 0.560. The number of carbonyl (C=O) groups is 2. The summed E-state index contributed by atoms with van der Waals surface area (Å²) >= 11 is 0. The van der Waals surface area contributed by atoms with Gasteiger partial charge in [0.25, 0.3) is 11.8 Å². The van der Waals surface area contributed by atoms with Crippen LogP contribution in [-0.4, -0.2) is 27.9 Å². The molecule has 0 saturated carbocycles. The van der Waals surface area contributed by atoms with Crippen LogP contribution in [0.25, 0.3) is 11.0 Å². The molecule has 4 aromatic rings. The van der Waals surface area contributed by atoms with Gasteiger partial charge in [-0.25, -0.2) is 4.98 Å². The number of hydrogen-bond donors (Lipinski definition) is 2. The molecule has 0 aliphatic rings. The molecule has 0 aliphatic carbocycles. The summed E-state index contributed by atoms with van der Waals surface area (Å²) in [6.45, 7) is 4.90. The van der Waals surface area contributed by atoms with Gasteiger partial charge in [0.1, 0.15) is 5.82 Å². The van der Waals surface area contributed by atoms with E-state index in [1.54, 1.807) is 30.3 Å². The van der Waals surface area contributed by atoms with Crippen LogP contribution in [0.1, 0.15) is 32.3 Å². The first-order valence-electron chi connectivity index (χ1n) is 9.68. The number of aryl methyl sites for hydroxylation is 2. The van der Waals surface area contributed by atoms with E-state index >= 15 is 0 Å². The van der Waals surface area contributed by atoms with Gasteiger partial charge in [-0.2, -0.15) is 0 Å². The van der Waals surface area contributed by atoms with Gasteiger partial charge in [0.2, 0.25) is 0 Å². The number of carbonyl (C=O) groups excluding carboxylic acids is 2. The highest BCUT2D eigenvalue weighted by Crippen LogP contribution is 2.19. The Labute approximate surface area is 173 Å². The molecule has 7 heteroatoms. The van der Waals surface area contributed by atoms with E-state index in [0.717, 1.165) is 22.4 Å². The van der Waals surface area contributed by atoms with Crippen LogP contribution in [0.5, 0.6) is 0 Å². The minimum atomic E-state index is -0.358. The van der Waals surface area contributed by atoms with Crippen LogP contribution < -0.4 is 10.6 Å². The first kappa shape index (κ1) is 19.4. The summed E-state index contributed by atoms with van der Waals surface area (Å²) < 4.78 is 7.20. The fraction of sp³-hybridized carbons (Fsp3) is 0.174. The second-order valence-corrected chi connectivity index (χ2v) is 7.02. The molecular weight excluding hydrogens is 380 g/mol. The summed E-state index contributed by atoms with van der Waals surface area (Å²) in [5.41, 5.74) is 3.88. The Morgan fingerprint density at radius 1 is 1.03 bits per heavy atom. The lowest BCUT2D eigenvalue weighted by Crippen LogP contribution is -2.27. The molecule has 0 bridgehead atoms. The van der Waals surface area contributed by atoms with Crippen molar-refractivity contribution in [1.82, 2.24) is 14.9 Å². The number of hydrogen-bond acceptors (Lipinski definition) is 4. The molecule has 152 valence electrons. The number of amides is 2. The molecule has 2 amide bonds. The lowest BCUT2D eigenvalue weighted by molar-refractivity contribution is 0.0950. The Kier molecular flexibility index (Phi) is 5.34. The number of furan rings is 1. The van der Waals surface area contributed by atoms with Gasteiger partial charge in [0.05, 0.1) is 17.3 Å². The first-order valence-corrected chi connectivity index (χ1v) is 9.68. The molecule has 0 unspecified atom stereocenters. The second-order valence-electron chi connectivity index (χ2n) is 7.02. The zero-order valence-corrected chi connectivity index (χ0v) is 16.8. The number of imidazole rings is 1. The third-order valence-corrected chi connectivity index (χ3v) is 4.96. The van der Waals surface area contributed by atoms with Gasteiger partial charge in [-0.05, 0) is 55.8 Å². The fourth-order valence-electron chi connectivity index (χ4n) is 3.35.